The molecule has 0 atom stereocenters. The zero-order valence-corrected chi connectivity index (χ0v) is 11.2. The summed E-state index contributed by atoms with van der Waals surface area (Å²) >= 11 is 0. The number of urea groups is 1. The highest BCUT2D eigenvalue weighted by Crippen LogP contribution is 2.12. The summed E-state index contributed by atoms with van der Waals surface area (Å²) in [4.78, 5) is 11.8. The smallest absolute Gasteiger partial charge is 0.320 e. The number of halogens is 1. The van der Waals surface area contributed by atoms with Crippen LogP contribution in [0.15, 0.2) is 48.5 Å². The van der Waals surface area contributed by atoms with Crippen LogP contribution in [-0.2, 0) is 0 Å². The molecular formula is C16H14FN3O. The molecule has 0 saturated carbocycles. The van der Waals surface area contributed by atoms with Crippen molar-refractivity contribution in [2.24, 2.45) is 5.73 Å². The molecule has 4 nitrogen and oxygen atoms in total. The van der Waals surface area contributed by atoms with Crippen molar-refractivity contribution in [1.82, 2.24) is 0 Å². The molecule has 0 spiro atoms. The number of anilines is 2. The topological polar surface area (TPSA) is 67.1 Å². The van der Waals surface area contributed by atoms with E-state index in [1.54, 1.807) is 18.2 Å². The van der Waals surface area contributed by atoms with Crippen LogP contribution in [0.2, 0.25) is 0 Å². The Balaban J connectivity index is 2.00. The number of rotatable bonds is 2. The van der Waals surface area contributed by atoms with Gasteiger partial charge >= 0.3 is 6.03 Å². The first kappa shape index (κ1) is 14.6. The molecule has 106 valence electrons. The Hall–Kier alpha value is -2.84. The largest absolute Gasteiger partial charge is 0.323 e. The summed E-state index contributed by atoms with van der Waals surface area (Å²) in [5.41, 5.74) is 7.19. The minimum absolute atomic E-state index is 0.280. The van der Waals surface area contributed by atoms with Gasteiger partial charge in [0.25, 0.3) is 0 Å². The average molecular weight is 283 g/mol. The third-order valence-electron chi connectivity index (χ3n) is 2.56. The normalized spacial score (nSPS) is 9.43. The number of amides is 2. The van der Waals surface area contributed by atoms with Crippen molar-refractivity contribution in [2.45, 2.75) is 0 Å². The van der Waals surface area contributed by atoms with Crippen molar-refractivity contribution < 1.29 is 9.18 Å². The quantitative estimate of drug-likeness (QED) is 0.742. The van der Waals surface area contributed by atoms with Crippen molar-refractivity contribution in [1.29, 1.82) is 0 Å². The van der Waals surface area contributed by atoms with E-state index >= 15 is 0 Å². The summed E-state index contributed by atoms with van der Waals surface area (Å²) < 4.78 is 12.8. The molecule has 2 rings (SSSR count). The Morgan fingerprint density at radius 2 is 1.81 bits per heavy atom. The SMILES string of the molecule is NCC#Cc1cccc(NC(=O)Nc2ccc(F)cc2)c1. The zero-order chi connectivity index (χ0) is 15.1. The molecule has 2 amide bonds. The number of benzene rings is 2. The monoisotopic (exact) mass is 283 g/mol. The van der Waals surface area contributed by atoms with E-state index in [-0.39, 0.29) is 12.4 Å². The van der Waals surface area contributed by atoms with Gasteiger partial charge in [-0.25, -0.2) is 9.18 Å². The van der Waals surface area contributed by atoms with Crippen molar-refractivity contribution in [3.63, 3.8) is 0 Å². The Morgan fingerprint density at radius 1 is 1.10 bits per heavy atom. The Bertz CT molecular complexity index is 687. The summed E-state index contributed by atoms with van der Waals surface area (Å²) in [7, 11) is 0. The zero-order valence-electron chi connectivity index (χ0n) is 11.2. The lowest BCUT2D eigenvalue weighted by Gasteiger charge is -2.07. The molecule has 2 aromatic carbocycles. The van der Waals surface area contributed by atoms with Crippen LogP contribution < -0.4 is 16.4 Å². The molecule has 4 N–H and O–H groups in total. The molecule has 0 bridgehead atoms. The van der Waals surface area contributed by atoms with Gasteiger partial charge in [-0.2, -0.15) is 0 Å². The third-order valence-corrected chi connectivity index (χ3v) is 2.56. The first-order chi connectivity index (χ1) is 10.2. The Kier molecular flexibility index (Phi) is 4.91. The molecule has 0 aliphatic heterocycles. The number of hydrogen-bond acceptors (Lipinski definition) is 2. The van der Waals surface area contributed by atoms with E-state index in [9.17, 15) is 9.18 Å². The minimum Gasteiger partial charge on any atom is -0.320 e. The van der Waals surface area contributed by atoms with Gasteiger partial charge in [0.05, 0.1) is 6.54 Å². The fourth-order valence-electron chi connectivity index (χ4n) is 1.65. The molecular weight excluding hydrogens is 269 g/mol. The fourth-order valence-corrected chi connectivity index (χ4v) is 1.65. The predicted octanol–water partition coefficient (Wildman–Crippen LogP) is 2.78. The van der Waals surface area contributed by atoms with Gasteiger partial charge < -0.3 is 16.4 Å². The molecule has 0 aromatic heterocycles. The van der Waals surface area contributed by atoms with Crippen molar-refractivity contribution in [3.05, 3.63) is 59.9 Å². The van der Waals surface area contributed by atoms with E-state index in [0.29, 0.717) is 11.4 Å². The van der Waals surface area contributed by atoms with Crippen molar-refractivity contribution in [2.75, 3.05) is 17.2 Å². The number of nitrogens with two attached hydrogens (primary N) is 1. The first-order valence-electron chi connectivity index (χ1n) is 6.30. The summed E-state index contributed by atoms with van der Waals surface area (Å²) in [6, 6.07) is 12.2. The molecule has 0 unspecified atom stereocenters. The van der Waals surface area contributed by atoms with Gasteiger partial charge in [-0.3, -0.25) is 0 Å². The van der Waals surface area contributed by atoms with Gasteiger partial charge in [0.15, 0.2) is 0 Å². The Morgan fingerprint density at radius 3 is 2.52 bits per heavy atom. The number of hydrogen-bond donors (Lipinski definition) is 3. The van der Waals surface area contributed by atoms with E-state index < -0.39 is 6.03 Å². The molecule has 21 heavy (non-hydrogen) atoms. The van der Waals surface area contributed by atoms with Gasteiger partial charge in [-0.05, 0) is 42.5 Å². The van der Waals surface area contributed by atoms with E-state index in [1.165, 1.54) is 24.3 Å². The molecule has 2 aromatic rings. The second-order valence-corrected chi connectivity index (χ2v) is 4.17. The molecule has 0 radical (unpaired) electrons. The van der Waals surface area contributed by atoms with Gasteiger partial charge in [0, 0.05) is 16.9 Å². The lowest BCUT2D eigenvalue weighted by Crippen LogP contribution is -2.19. The van der Waals surface area contributed by atoms with Crippen LogP contribution in [0.25, 0.3) is 0 Å². The molecule has 0 saturated heterocycles. The fraction of sp³-hybridized carbons (Fsp3) is 0.0625. The molecule has 0 aliphatic rings. The lowest BCUT2D eigenvalue weighted by atomic mass is 10.2. The number of nitrogens with one attached hydrogen (secondary N) is 2. The van der Waals surface area contributed by atoms with Crippen LogP contribution in [0.4, 0.5) is 20.6 Å². The number of carbonyl (C=O) groups is 1. The maximum Gasteiger partial charge on any atom is 0.323 e. The van der Waals surface area contributed by atoms with Gasteiger partial charge in [0.2, 0.25) is 0 Å². The van der Waals surface area contributed by atoms with Gasteiger partial charge in [-0.15, -0.1) is 0 Å². The molecule has 0 aliphatic carbocycles. The van der Waals surface area contributed by atoms with Gasteiger partial charge in [0.1, 0.15) is 5.82 Å². The highest BCUT2D eigenvalue weighted by molar-refractivity contribution is 5.99. The van der Waals surface area contributed by atoms with Crippen LogP contribution in [0.5, 0.6) is 0 Å². The maximum atomic E-state index is 12.8. The third kappa shape index (κ3) is 4.64. The van der Waals surface area contributed by atoms with E-state index in [1.807, 2.05) is 6.07 Å². The van der Waals surface area contributed by atoms with Crippen LogP contribution in [-0.4, -0.2) is 12.6 Å². The highest BCUT2D eigenvalue weighted by atomic mass is 19.1. The lowest BCUT2D eigenvalue weighted by molar-refractivity contribution is 0.262. The minimum atomic E-state index is -0.412. The van der Waals surface area contributed by atoms with Crippen LogP contribution in [0.3, 0.4) is 0 Å². The molecule has 0 heterocycles. The molecule has 5 heteroatoms. The summed E-state index contributed by atoms with van der Waals surface area (Å²) in [6.45, 7) is 0.280. The summed E-state index contributed by atoms with van der Waals surface area (Å²) in [6.07, 6.45) is 0. The second kappa shape index (κ2) is 7.08. The summed E-state index contributed by atoms with van der Waals surface area (Å²) in [5, 5.41) is 5.29. The van der Waals surface area contributed by atoms with E-state index in [2.05, 4.69) is 22.5 Å². The van der Waals surface area contributed by atoms with Crippen molar-refractivity contribution >= 4 is 17.4 Å². The van der Waals surface area contributed by atoms with Crippen LogP contribution in [0.1, 0.15) is 5.56 Å². The van der Waals surface area contributed by atoms with Crippen LogP contribution >= 0.6 is 0 Å². The summed E-state index contributed by atoms with van der Waals surface area (Å²) in [5.74, 6) is 5.28. The highest BCUT2D eigenvalue weighted by Gasteiger charge is 2.03. The van der Waals surface area contributed by atoms with Gasteiger partial charge in [-0.1, -0.05) is 17.9 Å². The Labute approximate surface area is 122 Å². The molecule has 0 fully saturated rings. The van der Waals surface area contributed by atoms with E-state index in [4.69, 9.17) is 5.73 Å². The number of carbonyl (C=O) groups excluding carboxylic acids is 1. The first-order valence-corrected chi connectivity index (χ1v) is 6.30. The average Bonchev–Trinajstić information content (AvgIpc) is 2.48. The standard InChI is InChI=1S/C16H14FN3O/c17-13-6-8-14(9-7-13)19-16(21)20-15-5-1-3-12(11-15)4-2-10-18/h1,3,5-9,11H,10,18H2,(H2,19,20,21). The van der Waals surface area contributed by atoms with Crippen molar-refractivity contribution in [3.8, 4) is 11.8 Å². The maximum absolute atomic E-state index is 12.8. The van der Waals surface area contributed by atoms with E-state index in [0.717, 1.165) is 5.56 Å². The second-order valence-electron chi connectivity index (χ2n) is 4.17. The van der Waals surface area contributed by atoms with Crippen LogP contribution in [0, 0.1) is 17.7 Å². The predicted molar refractivity (Wildman–Crippen MR) is 81.4 cm³/mol.